The molecule has 1 aliphatic rings. The van der Waals surface area contributed by atoms with E-state index in [1.807, 2.05) is 36.4 Å². The lowest BCUT2D eigenvalue weighted by Gasteiger charge is -2.24. The maximum atomic E-state index is 12.3. The zero-order chi connectivity index (χ0) is 28.2. The number of anilines is 1. The number of carbonyl (C=O) groups is 2. The van der Waals surface area contributed by atoms with Crippen molar-refractivity contribution in [2.75, 3.05) is 18.9 Å². The van der Waals surface area contributed by atoms with Crippen LogP contribution in [0.1, 0.15) is 27.7 Å². The van der Waals surface area contributed by atoms with Crippen molar-refractivity contribution >= 4 is 28.9 Å². The van der Waals surface area contributed by atoms with Crippen molar-refractivity contribution < 1.29 is 32.6 Å². The summed E-state index contributed by atoms with van der Waals surface area (Å²) in [7, 11) is 0. The number of carbonyl (C=O) groups excluding carboxylic acids is 1. The van der Waals surface area contributed by atoms with Gasteiger partial charge in [-0.1, -0.05) is 12.1 Å². The molecule has 0 saturated heterocycles. The summed E-state index contributed by atoms with van der Waals surface area (Å²) in [6, 6.07) is 13.3. The van der Waals surface area contributed by atoms with Crippen LogP contribution >= 0.6 is 0 Å². The Bertz CT molecular complexity index is 1540. The van der Waals surface area contributed by atoms with Gasteiger partial charge in [0.2, 0.25) is 5.95 Å². The first-order valence-corrected chi connectivity index (χ1v) is 11.6. The van der Waals surface area contributed by atoms with Gasteiger partial charge in [0.15, 0.2) is 0 Å². The van der Waals surface area contributed by atoms with E-state index in [1.54, 1.807) is 18.3 Å². The second-order valence-corrected chi connectivity index (χ2v) is 8.49. The number of aromatic amines is 1. The van der Waals surface area contributed by atoms with Gasteiger partial charge in [0.05, 0.1) is 29.3 Å². The summed E-state index contributed by atoms with van der Waals surface area (Å²) < 4.78 is 37.7. The molecule has 5 N–H and O–H groups in total. The molecule has 39 heavy (non-hydrogen) atoms. The first kappa shape index (κ1) is 27.1. The predicted octanol–water partition coefficient (Wildman–Crippen LogP) is 3.87. The summed E-state index contributed by atoms with van der Waals surface area (Å²) in [5.41, 5.74) is 10.8. The van der Waals surface area contributed by atoms with Crippen molar-refractivity contribution in [3.05, 3.63) is 78.3 Å². The molecular weight excluding hydrogens is 517 g/mol. The van der Waals surface area contributed by atoms with Crippen LogP contribution in [0.25, 0.3) is 22.3 Å². The highest BCUT2D eigenvalue weighted by atomic mass is 19.4. The van der Waals surface area contributed by atoms with E-state index < -0.39 is 12.1 Å². The van der Waals surface area contributed by atoms with Gasteiger partial charge in [0.25, 0.3) is 5.91 Å². The van der Waals surface area contributed by atoms with E-state index in [2.05, 4.69) is 26.8 Å². The quantitative estimate of drug-likeness (QED) is 0.278. The van der Waals surface area contributed by atoms with Gasteiger partial charge < -0.3 is 25.9 Å². The molecule has 0 radical (unpaired) electrons. The van der Waals surface area contributed by atoms with Crippen LogP contribution in [0.4, 0.5) is 19.1 Å². The molecule has 1 atom stereocenters. The number of H-pyrrole nitrogens is 1. The number of benzene rings is 2. The highest BCUT2D eigenvalue weighted by Crippen LogP contribution is 2.33. The van der Waals surface area contributed by atoms with E-state index in [4.69, 9.17) is 25.4 Å². The van der Waals surface area contributed by atoms with Crippen LogP contribution in [-0.4, -0.2) is 56.2 Å². The second kappa shape index (κ2) is 11.2. The second-order valence-electron chi connectivity index (χ2n) is 8.49. The van der Waals surface area contributed by atoms with Crippen LogP contribution in [0, 0.1) is 0 Å². The van der Waals surface area contributed by atoms with Crippen molar-refractivity contribution in [1.29, 1.82) is 0 Å². The van der Waals surface area contributed by atoms with E-state index in [1.165, 1.54) is 0 Å². The third-order valence-corrected chi connectivity index (χ3v) is 5.74. The number of carboxylic acids is 1. The normalized spacial score (nSPS) is 14.4. The smallest absolute Gasteiger partial charge is 0.490 e. The molecule has 202 valence electrons. The number of nitrogen functional groups attached to an aromatic ring is 1. The molecule has 13 heteroatoms. The summed E-state index contributed by atoms with van der Waals surface area (Å²) in [6.07, 6.45) is -1.06. The Balaban J connectivity index is 0.000000448. The Kier molecular flexibility index (Phi) is 7.79. The minimum Gasteiger partial charge on any atom is -0.493 e. The molecule has 0 spiro atoms. The number of fused-ring (bicyclic) bond motifs is 2. The van der Waals surface area contributed by atoms with Crippen molar-refractivity contribution in [3.63, 3.8) is 0 Å². The molecule has 1 aliphatic heterocycles. The number of amides is 1. The lowest BCUT2D eigenvalue weighted by molar-refractivity contribution is -0.192. The SMILES string of the molecule is C=CCNC(=O)c1ccc2c(c1)CC(c1nc3ccc(-c4ccnc(N)n4)cc3[nH]1)CO2.O=C(O)C(F)(F)F. The number of aliphatic carboxylic acids is 1. The number of hydrogen-bond donors (Lipinski definition) is 4. The fourth-order valence-electron chi connectivity index (χ4n) is 3.89. The van der Waals surface area contributed by atoms with Crippen LogP contribution in [0.3, 0.4) is 0 Å². The number of imidazole rings is 1. The Labute approximate surface area is 219 Å². The Morgan fingerprint density at radius 3 is 2.67 bits per heavy atom. The number of nitrogens with zero attached hydrogens (tertiary/aromatic N) is 3. The largest absolute Gasteiger partial charge is 0.493 e. The zero-order valence-corrected chi connectivity index (χ0v) is 20.3. The number of hydrogen-bond acceptors (Lipinski definition) is 7. The minimum atomic E-state index is -5.08. The number of halogens is 3. The standard InChI is InChI=1S/C24H22N6O2.C2HF3O2/c1-2-8-26-23(31)15-4-6-21-16(10-15)11-17(13-32-21)22-28-19-5-3-14(12-20(19)29-22)18-7-9-27-24(25)30-18;3-2(4,5)1(6)7/h2-7,9-10,12,17H,1,8,11,13H2,(H,26,31)(H,28,29)(H2,25,27,30);(H,6,7). The first-order chi connectivity index (χ1) is 18.5. The third kappa shape index (κ3) is 6.50. The Hall–Kier alpha value is -4.94. The van der Waals surface area contributed by atoms with Gasteiger partial charge in [-0.05, 0) is 48.4 Å². The summed E-state index contributed by atoms with van der Waals surface area (Å²) in [6.45, 7) is 4.57. The molecular formula is C26H23F3N6O4. The Morgan fingerprint density at radius 1 is 1.21 bits per heavy atom. The topological polar surface area (TPSA) is 156 Å². The molecule has 0 bridgehead atoms. The summed E-state index contributed by atoms with van der Waals surface area (Å²) in [4.78, 5) is 37.6. The van der Waals surface area contributed by atoms with Crippen molar-refractivity contribution in [2.45, 2.75) is 18.5 Å². The minimum absolute atomic E-state index is 0.0551. The highest BCUT2D eigenvalue weighted by Gasteiger charge is 2.38. The van der Waals surface area contributed by atoms with Gasteiger partial charge in [-0.15, -0.1) is 6.58 Å². The monoisotopic (exact) mass is 540 g/mol. The molecule has 3 heterocycles. The van der Waals surface area contributed by atoms with Crippen LogP contribution in [0.2, 0.25) is 0 Å². The number of rotatable bonds is 5. The van der Waals surface area contributed by atoms with E-state index in [-0.39, 0.29) is 17.8 Å². The molecule has 0 saturated carbocycles. The average molecular weight is 541 g/mol. The zero-order valence-electron chi connectivity index (χ0n) is 20.3. The number of nitrogens with two attached hydrogens (primary N) is 1. The fourth-order valence-corrected chi connectivity index (χ4v) is 3.89. The number of aromatic nitrogens is 4. The van der Waals surface area contributed by atoms with Crippen LogP contribution in [-0.2, 0) is 11.2 Å². The van der Waals surface area contributed by atoms with E-state index in [9.17, 15) is 18.0 Å². The maximum Gasteiger partial charge on any atom is 0.490 e. The Morgan fingerprint density at radius 2 is 1.97 bits per heavy atom. The number of ether oxygens (including phenoxy) is 1. The summed E-state index contributed by atoms with van der Waals surface area (Å²) in [5, 5.41) is 9.93. The highest BCUT2D eigenvalue weighted by molar-refractivity contribution is 5.94. The van der Waals surface area contributed by atoms with E-state index in [0.29, 0.717) is 18.7 Å². The predicted molar refractivity (Wildman–Crippen MR) is 136 cm³/mol. The van der Waals surface area contributed by atoms with Crippen LogP contribution in [0.15, 0.2) is 61.3 Å². The molecule has 4 aromatic rings. The molecule has 10 nitrogen and oxygen atoms in total. The lowest BCUT2D eigenvalue weighted by Crippen LogP contribution is -2.24. The third-order valence-electron chi connectivity index (χ3n) is 5.74. The fraction of sp³-hybridized carbons (Fsp3) is 0.192. The lowest BCUT2D eigenvalue weighted by atomic mass is 9.94. The molecule has 1 unspecified atom stereocenters. The first-order valence-electron chi connectivity index (χ1n) is 11.6. The van der Waals surface area contributed by atoms with E-state index >= 15 is 0 Å². The van der Waals surface area contributed by atoms with Crippen LogP contribution < -0.4 is 15.8 Å². The van der Waals surface area contributed by atoms with Crippen molar-refractivity contribution in [3.8, 4) is 17.0 Å². The van der Waals surface area contributed by atoms with Gasteiger partial charge in [-0.2, -0.15) is 13.2 Å². The van der Waals surface area contributed by atoms with Crippen molar-refractivity contribution in [1.82, 2.24) is 25.3 Å². The van der Waals surface area contributed by atoms with Crippen LogP contribution in [0.5, 0.6) is 5.75 Å². The van der Waals surface area contributed by atoms with Gasteiger partial charge >= 0.3 is 12.1 Å². The van der Waals surface area contributed by atoms with E-state index in [0.717, 1.165) is 45.8 Å². The average Bonchev–Trinajstić information content (AvgIpc) is 3.34. The van der Waals surface area contributed by atoms with Gasteiger partial charge in [-0.3, -0.25) is 4.79 Å². The molecule has 0 fully saturated rings. The molecule has 2 aromatic carbocycles. The number of carboxylic acid groups (broad SMARTS) is 1. The number of alkyl halides is 3. The van der Waals surface area contributed by atoms with Crippen molar-refractivity contribution in [2.24, 2.45) is 0 Å². The molecule has 5 rings (SSSR count). The maximum absolute atomic E-state index is 12.3. The summed E-state index contributed by atoms with van der Waals surface area (Å²) >= 11 is 0. The van der Waals surface area contributed by atoms with Gasteiger partial charge in [0, 0.05) is 23.9 Å². The van der Waals surface area contributed by atoms with Gasteiger partial charge in [-0.25, -0.2) is 19.7 Å². The molecule has 0 aliphatic carbocycles. The molecule has 2 aromatic heterocycles. The van der Waals surface area contributed by atoms with Gasteiger partial charge in [0.1, 0.15) is 11.6 Å². The molecule has 1 amide bonds. The number of nitrogens with one attached hydrogen (secondary N) is 2. The summed E-state index contributed by atoms with van der Waals surface area (Å²) in [5.74, 6) is -0.931.